The number of hydrogen-bond donors (Lipinski definition) is 2. The number of ether oxygens (including phenoxy) is 1. The summed E-state index contributed by atoms with van der Waals surface area (Å²) in [6, 6.07) is 5.31. The van der Waals surface area contributed by atoms with Gasteiger partial charge in [-0.05, 0) is 24.6 Å². The number of amides is 1. The van der Waals surface area contributed by atoms with Crippen molar-refractivity contribution in [1.29, 1.82) is 0 Å². The average molecular weight is 311 g/mol. The van der Waals surface area contributed by atoms with E-state index in [0.29, 0.717) is 5.56 Å². The summed E-state index contributed by atoms with van der Waals surface area (Å²) in [4.78, 5) is 22.1. The lowest BCUT2D eigenvalue weighted by molar-refractivity contribution is -0.138. The molecule has 2 N–H and O–H groups in total. The van der Waals surface area contributed by atoms with Crippen molar-refractivity contribution < 1.29 is 27.9 Å². The van der Waals surface area contributed by atoms with Crippen LogP contribution in [0.25, 0.3) is 6.08 Å². The van der Waals surface area contributed by atoms with Crippen LogP contribution in [-0.4, -0.2) is 38.2 Å². The van der Waals surface area contributed by atoms with Gasteiger partial charge >= 0.3 is 12.1 Å². The molecule has 1 heterocycles. The van der Waals surface area contributed by atoms with Crippen LogP contribution >= 0.6 is 0 Å². The molecule has 1 aromatic carbocycles. The summed E-state index contributed by atoms with van der Waals surface area (Å²) >= 11 is 0. The minimum atomic E-state index is -3.65. The van der Waals surface area contributed by atoms with Gasteiger partial charge in [0, 0.05) is 0 Å². The molecule has 1 aromatic rings. The Labute approximate surface area is 121 Å². The molecule has 1 atom stereocenters. The molecule has 112 valence electrons. The van der Waals surface area contributed by atoms with E-state index in [-0.39, 0.29) is 9.80 Å². The van der Waals surface area contributed by atoms with Crippen molar-refractivity contribution in [2.45, 2.75) is 17.9 Å². The molecule has 1 amide bonds. The number of hydrogen-bond acceptors (Lipinski definition) is 5. The van der Waals surface area contributed by atoms with Crippen molar-refractivity contribution in [3.8, 4) is 0 Å². The number of alkyl carbamates (subject to hydrolysis) is 1. The van der Waals surface area contributed by atoms with Gasteiger partial charge in [0.2, 0.25) is 9.84 Å². The van der Waals surface area contributed by atoms with Gasteiger partial charge in [0.15, 0.2) is 0 Å². The van der Waals surface area contributed by atoms with E-state index in [1.807, 2.05) is 0 Å². The van der Waals surface area contributed by atoms with Gasteiger partial charge in [-0.3, -0.25) is 4.79 Å². The second kappa shape index (κ2) is 5.57. The van der Waals surface area contributed by atoms with Crippen LogP contribution in [0.15, 0.2) is 34.1 Å². The molecule has 0 unspecified atom stereocenters. The molecule has 0 saturated heterocycles. The van der Waals surface area contributed by atoms with Gasteiger partial charge in [0.05, 0.1) is 9.80 Å². The molecule has 21 heavy (non-hydrogen) atoms. The molecule has 1 aliphatic heterocycles. The van der Waals surface area contributed by atoms with E-state index in [4.69, 9.17) is 9.84 Å². The monoisotopic (exact) mass is 311 g/mol. The molecule has 0 spiro atoms. The van der Waals surface area contributed by atoms with Crippen LogP contribution in [0.1, 0.15) is 12.5 Å². The molecular formula is C13H13NO6S. The number of carboxylic acid groups (broad SMARTS) is 1. The molecule has 7 nitrogen and oxygen atoms in total. The van der Waals surface area contributed by atoms with Crippen molar-refractivity contribution >= 4 is 28.0 Å². The lowest BCUT2D eigenvalue weighted by Crippen LogP contribution is -2.38. The number of carbonyl (C=O) groups is 2. The number of fused-ring (bicyclic) bond motifs is 1. The van der Waals surface area contributed by atoms with Gasteiger partial charge in [0.25, 0.3) is 0 Å². The van der Waals surface area contributed by atoms with Crippen LogP contribution in [0.2, 0.25) is 0 Å². The Hall–Kier alpha value is -2.35. The molecule has 1 aliphatic rings. The smallest absolute Gasteiger partial charge is 0.408 e. The van der Waals surface area contributed by atoms with E-state index in [9.17, 15) is 18.0 Å². The highest BCUT2D eigenvalue weighted by atomic mass is 32.2. The van der Waals surface area contributed by atoms with Gasteiger partial charge in [0.1, 0.15) is 12.6 Å². The maximum absolute atomic E-state index is 12.2. The largest absolute Gasteiger partial charge is 0.480 e. The fraction of sp³-hybridized carbons (Fsp3) is 0.231. The molecule has 0 aliphatic carbocycles. The van der Waals surface area contributed by atoms with Crippen molar-refractivity contribution in [2.24, 2.45) is 0 Å². The summed E-state index contributed by atoms with van der Waals surface area (Å²) in [5.41, 5.74) is 0.537. The quantitative estimate of drug-likeness (QED) is 0.859. The number of benzene rings is 1. The fourth-order valence-corrected chi connectivity index (χ4v) is 3.25. The first-order valence-electron chi connectivity index (χ1n) is 6.03. The first-order chi connectivity index (χ1) is 9.82. The molecule has 8 heteroatoms. The van der Waals surface area contributed by atoms with Crippen LogP contribution in [0.3, 0.4) is 0 Å². The van der Waals surface area contributed by atoms with Crippen LogP contribution in [-0.2, 0) is 19.4 Å². The summed E-state index contributed by atoms with van der Waals surface area (Å²) < 4.78 is 29.1. The van der Waals surface area contributed by atoms with E-state index in [1.54, 1.807) is 18.2 Å². The van der Waals surface area contributed by atoms with E-state index < -0.39 is 34.5 Å². The predicted octanol–water partition coefficient (Wildman–Crippen LogP) is 1.01. The predicted molar refractivity (Wildman–Crippen MR) is 73.2 cm³/mol. The minimum Gasteiger partial charge on any atom is -0.480 e. The SMILES string of the molecule is C[C@H](NC(=O)OCC1=Cc2ccccc2S1(=O)=O)C(=O)O. The van der Waals surface area contributed by atoms with E-state index in [0.717, 1.165) is 0 Å². The second-order valence-electron chi connectivity index (χ2n) is 4.43. The van der Waals surface area contributed by atoms with Gasteiger partial charge in [-0.15, -0.1) is 0 Å². The molecule has 2 rings (SSSR count). The molecule has 0 aromatic heterocycles. The van der Waals surface area contributed by atoms with Gasteiger partial charge in [-0.2, -0.15) is 0 Å². The third-order valence-corrected chi connectivity index (χ3v) is 4.80. The maximum Gasteiger partial charge on any atom is 0.408 e. The number of carboxylic acids is 1. The third kappa shape index (κ3) is 3.05. The number of rotatable bonds is 4. The molecule has 0 fully saturated rings. The third-order valence-electron chi connectivity index (χ3n) is 2.92. The Morgan fingerprint density at radius 2 is 2.00 bits per heavy atom. The molecular weight excluding hydrogens is 298 g/mol. The summed E-state index contributed by atoms with van der Waals surface area (Å²) in [7, 11) is -3.65. The van der Waals surface area contributed by atoms with E-state index in [2.05, 4.69) is 5.32 Å². The number of sulfone groups is 1. The van der Waals surface area contributed by atoms with Gasteiger partial charge in [-0.1, -0.05) is 18.2 Å². The van der Waals surface area contributed by atoms with Gasteiger partial charge in [-0.25, -0.2) is 13.2 Å². The normalized spacial score (nSPS) is 16.5. The number of nitrogens with one attached hydrogen (secondary N) is 1. The highest BCUT2D eigenvalue weighted by Gasteiger charge is 2.30. The zero-order valence-corrected chi connectivity index (χ0v) is 11.9. The molecule has 0 saturated carbocycles. The second-order valence-corrected chi connectivity index (χ2v) is 6.40. The van der Waals surface area contributed by atoms with Crippen LogP contribution in [0.4, 0.5) is 4.79 Å². The Balaban J connectivity index is 2.03. The number of aliphatic carboxylic acids is 1. The minimum absolute atomic E-state index is 0.0400. The van der Waals surface area contributed by atoms with Crippen molar-refractivity contribution in [3.05, 3.63) is 34.7 Å². The van der Waals surface area contributed by atoms with Crippen molar-refractivity contribution in [1.82, 2.24) is 5.32 Å². The maximum atomic E-state index is 12.2. The Morgan fingerprint density at radius 3 is 2.62 bits per heavy atom. The lowest BCUT2D eigenvalue weighted by Gasteiger charge is -2.10. The first kappa shape index (κ1) is 15.0. The molecule has 0 bridgehead atoms. The molecule has 0 radical (unpaired) electrons. The highest BCUT2D eigenvalue weighted by molar-refractivity contribution is 7.95. The summed E-state index contributed by atoms with van der Waals surface area (Å²) in [5, 5.41) is 10.7. The van der Waals surface area contributed by atoms with Crippen LogP contribution in [0.5, 0.6) is 0 Å². The first-order valence-corrected chi connectivity index (χ1v) is 7.51. The van der Waals surface area contributed by atoms with E-state index in [1.165, 1.54) is 19.1 Å². The topological polar surface area (TPSA) is 110 Å². The van der Waals surface area contributed by atoms with Crippen LogP contribution < -0.4 is 5.32 Å². The fourth-order valence-electron chi connectivity index (χ4n) is 1.77. The number of carbonyl (C=O) groups excluding carboxylic acids is 1. The lowest BCUT2D eigenvalue weighted by atomic mass is 10.2. The van der Waals surface area contributed by atoms with Crippen LogP contribution in [0, 0.1) is 0 Å². The standard InChI is InChI=1S/C13H13NO6S/c1-8(12(15)16)14-13(17)20-7-10-6-9-4-2-3-5-11(9)21(10,18)19/h2-6,8H,7H2,1H3,(H,14,17)(H,15,16)/t8-/m0/s1. The summed E-state index contributed by atoms with van der Waals surface area (Å²) in [5.74, 6) is -1.22. The summed E-state index contributed by atoms with van der Waals surface area (Å²) in [6.07, 6.45) is 0.440. The van der Waals surface area contributed by atoms with E-state index >= 15 is 0 Å². The Morgan fingerprint density at radius 1 is 1.33 bits per heavy atom. The van der Waals surface area contributed by atoms with Gasteiger partial charge < -0.3 is 15.2 Å². The zero-order valence-electron chi connectivity index (χ0n) is 11.1. The van der Waals surface area contributed by atoms with Crippen molar-refractivity contribution in [2.75, 3.05) is 6.61 Å². The Bertz CT molecular complexity index is 722. The van der Waals surface area contributed by atoms with Crippen molar-refractivity contribution in [3.63, 3.8) is 0 Å². The summed E-state index contributed by atoms with van der Waals surface area (Å²) in [6.45, 7) is 0.820. The highest BCUT2D eigenvalue weighted by Crippen LogP contribution is 2.32. The average Bonchev–Trinajstić information content (AvgIpc) is 2.68. The zero-order chi connectivity index (χ0) is 15.6. The Kier molecular flexibility index (Phi) is 3.99.